The first-order valence-corrected chi connectivity index (χ1v) is 11.8. The summed E-state index contributed by atoms with van der Waals surface area (Å²) < 4.78 is 5.42. The highest BCUT2D eigenvalue weighted by atomic mass is 16.5. The molecule has 1 aromatic heterocycles. The molecule has 1 saturated heterocycles. The Kier molecular flexibility index (Phi) is 7.57. The Morgan fingerprint density at radius 3 is 2.68 bits per heavy atom. The Bertz CT molecular complexity index is 836. The molecule has 1 aromatic carbocycles. The zero-order valence-corrected chi connectivity index (χ0v) is 18.6. The molecule has 2 fully saturated rings. The number of amides is 1. The van der Waals surface area contributed by atoms with Gasteiger partial charge in [-0.25, -0.2) is 0 Å². The number of piperidine rings is 1. The number of nitrogens with one attached hydrogen (secondary N) is 1. The van der Waals surface area contributed by atoms with Crippen molar-refractivity contribution < 1.29 is 9.53 Å². The molecule has 1 aliphatic heterocycles. The van der Waals surface area contributed by atoms with Crippen LogP contribution < -0.4 is 10.1 Å². The van der Waals surface area contributed by atoms with Crippen molar-refractivity contribution in [3.63, 3.8) is 0 Å². The Balaban J connectivity index is 1.50. The highest BCUT2D eigenvalue weighted by Crippen LogP contribution is 2.32. The van der Waals surface area contributed by atoms with Gasteiger partial charge in [0.15, 0.2) is 0 Å². The lowest BCUT2D eigenvalue weighted by atomic mass is 9.85. The monoisotopic (exact) mass is 421 g/mol. The predicted molar refractivity (Wildman–Crippen MR) is 123 cm³/mol. The van der Waals surface area contributed by atoms with Crippen molar-refractivity contribution in [2.24, 2.45) is 11.8 Å². The second-order valence-corrected chi connectivity index (χ2v) is 9.07. The second-order valence-electron chi connectivity index (χ2n) is 9.07. The third kappa shape index (κ3) is 5.65. The molecule has 5 nitrogen and oxygen atoms in total. The van der Waals surface area contributed by atoms with Crippen LogP contribution >= 0.6 is 0 Å². The highest BCUT2D eigenvalue weighted by molar-refractivity contribution is 5.97. The van der Waals surface area contributed by atoms with Crippen LogP contribution in [0.3, 0.4) is 0 Å². The standard InChI is InChI=1S/C26H35N3O2/c1-31-24-15-6-5-13-22(24)26(30)28-25(23-14-7-8-16-27-23)21-12-9-17-29(19-21)18-20-10-3-2-4-11-20/h5-8,13-16,20-21,25H,2-4,9-12,17-19H2,1H3,(H,28,30)/t21-,25+/m1/s1. The molecule has 4 rings (SSSR count). The summed E-state index contributed by atoms with van der Waals surface area (Å²) in [6.45, 7) is 3.39. The van der Waals surface area contributed by atoms with Gasteiger partial charge >= 0.3 is 0 Å². The number of hydrogen-bond acceptors (Lipinski definition) is 4. The number of aromatic nitrogens is 1. The first-order chi connectivity index (χ1) is 15.2. The van der Waals surface area contributed by atoms with Crippen molar-refractivity contribution in [3.8, 4) is 5.75 Å². The van der Waals surface area contributed by atoms with Crippen molar-refractivity contribution in [3.05, 3.63) is 59.9 Å². The summed E-state index contributed by atoms with van der Waals surface area (Å²) in [5.41, 5.74) is 1.51. The van der Waals surface area contributed by atoms with Crippen molar-refractivity contribution >= 4 is 5.91 Å². The first kappa shape index (κ1) is 21.8. The number of hydrogen-bond donors (Lipinski definition) is 1. The van der Waals surface area contributed by atoms with Gasteiger partial charge < -0.3 is 15.0 Å². The fourth-order valence-electron chi connectivity index (χ4n) is 5.31. The van der Waals surface area contributed by atoms with E-state index in [1.54, 1.807) is 7.11 Å². The third-order valence-electron chi connectivity index (χ3n) is 6.90. The minimum atomic E-state index is -0.104. The molecular weight excluding hydrogens is 386 g/mol. The highest BCUT2D eigenvalue weighted by Gasteiger charge is 2.32. The van der Waals surface area contributed by atoms with Gasteiger partial charge in [-0.3, -0.25) is 9.78 Å². The van der Waals surface area contributed by atoms with Gasteiger partial charge in [-0.15, -0.1) is 0 Å². The Morgan fingerprint density at radius 1 is 1.10 bits per heavy atom. The van der Waals surface area contributed by atoms with E-state index in [0.29, 0.717) is 17.2 Å². The minimum absolute atomic E-state index is 0.0995. The molecular formula is C26H35N3O2. The quantitative estimate of drug-likeness (QED) is 0.694. The summed E-state index contributed by atoms with van der Waals surface area (Å²) in [6.07, 6.45) is 11.0. The van der Waals surface area contributed by atoms with E-state index in [2.05, 4.69) is 15.2 Å². The maximum Gasteiger partial charge on any atom is 0.255 e. The van der Waals surface area contributed by atoms with Crippen LogP contribution in [0.4, 0.5) is 0 Å². The topological polar surface area (TPSA) is 54.5 Å². The number of likely N-dealkylation sites (tertiary alicyclic amines) is 1. The van der Waals surface area contributed by atoms with Crippen molar-refractivity contribution in [2.75, 3.05) is 26.7 Å². The van der Waals surface area contributed by atoms with Gasteiger partial charge in [0.1, 0.15) is 5.75 Å². The van der Waals surface area contributed by atoms with Crippen molar-refractivity contribution in [2.45, 2.75) is 51.0 Å². The first-order valence-electron chi connectivity index (χ1n) is 11.8. The Labute approximate surface area is 186 Å². The molecule has 1 amide bonds. The van der Waals surface area contributed by atoms with Crippen LogP contribution in [0, 0.1) is 11.8 Å². The van der Waals surface area contributed by atoms with Crippen LogP contribution in [0.15, 0.2) is 48.7 Å². The van der Waals surface area contributed by atoms with E-state index >= 15 is 0 Å². The van der Waals surface area contributed by atoms with Gasteiger partial charge in [-0.2, -0.15) is 0 Å². The fraction of sp³-hybridized carbons (Fsp3) is 0.538. The van der Waals surface area contributed by atoms with E-state index in [4.69, 9.17) is 4.74 Å². The van der Waals surface area contributed by atoms with E-state index < -0.39 is 0 Å². The van der Waals surface area contributed by atoms with Crippen molar-refractivity contribution in [1.82, 2.24) is 15.2 Å². The van der Waals surface area contributed by atoms with Crippen LogP contribution in [0.2, 0.25) is 0 Å². The van der Waals surface area contributed by atoms with Crippen LogP contribution in [-0.4, -0.2) is 42.5 Å². The van der Waals surface area contributed by atoms with Gasteiger partial charge in [0.25, 0.3) is 5.91 Å². The second kappa shape index (κ2) is 10.8. The summed E-state index contributed by atoms with van der Waals surface area (Å²) in [4.78, 5) is 20.5. The van der Waals surface area contributed by atoms with Gasteiger partial charge in [0.05, 0.1) is 24.4 Å². The van der Waals surface area contributed by atoms with Gasteiger partial charge in [-0.05, 0) is 68.3 Å². The van der Waals surface area contributed by atoms with Gasteiger partial charge in [0, 0.05) is 19.3 Å². The SMILES string of the molecule is COc1ccccc1C(=O)N[C@H](c1ccccn1)[C@@H]1CCCN(CC2CCCCC2)C1. The predicted octanol–water partition coefficient (Wildman–Crippen LogP) is 4.85. The number of rotatable bonds is 7. The molecule has 2 aliphatic rings. The molecule has 0 bridgehead atoms. The van der Waals surface area contributed by atoms with E-state index in [1.165, 1.54) is 51.6 Å². The number of benzene rings is 1. The van der Waals surface area contributed by atoms with E-state index in [-0.39, 0.29) is 11.9 Å². The fourth-order valence-corrected chi connectivity index (χ4v) is 5.31. The molecule has 2 atom stereocenters. The molecule has 2 aromatic rings. The van der Waals surface area contributed by atoms with Gasteiger partial charge in [0.2, 0.25) is 0 Å². The van der Waals surface area contributed by atoms with E-state index in [1.807, 2.05) is 48.7 Å². The van der Waals surface area contributed by atoms with E-state index in [9.17, 15) is 4.79 Å². The molecule has 0 spiro atoms. The molecule has 2 heterocycles. The Morgan fingerprint density at radius 2 is 1.90 bits per heavy atom. The zero-order valence-electron chi connectivity index (χ0n) is 18.6. The summed E-state index contributed by atoms with van der Waals surface area (Å²) in [6, 6.07) is 13.3. The number of methoxy groups -OCH3 is 1. The number of para-hydroxylation sites is 1. The van der Waals surface area contributed by atoms with Gasteiger partial charge in [-0.1, -0.05) is 37.5 Å². The summed E-state index contributed by atoms with van der Waals surface area (Å²) in [5, 5.41) is 3.31. The normalized spacial score (nSPS) is 21.4. The molecule has 0 unspecified atom stereocenters. The minimum Gasteiger partial charge on any atom is -0.496 e. The average Bonchev–Trinajstić information content (AvgIpc) is 2.83. The smallest absolute Gasteiger partial charge is 0.255 e. The lowest BCUT2D eigenvalue weighted by Crippen LogP contribution is -2.44. The number of carbonyl (C=O) groups is 1. The molecule has 1 aliphatic carbocycles. The number of ether oxygens (including phenoxy) is 1. The van der Waals surface area contributed by atoms with Crippen LogP contribution in [0.25, 0.3) is 0 Å². The largest absolute Gasteiger partial charge is 0.496 e. The molecule has 1 N–H and O–H groups in total. The van der Waals surface area contributed by atoms with Crippen molar-refractivity contribution in [1.29, 1.82) is 0 Å². The number of nitrogens with zero attached hydrogens (tertiary/aromatic N) is 2. The molecule has 31 heavy (non-hydrogen) atoms. The molecule has 1 saturated carbocycles. The maximum atomic E-state index is 13.2. The molecule has 0 radical (unpaired) electrons. The lowest BCUT2D eigenvalue weighted by molar-refractivity contribution is 0.0853. The van der Waals surface area contributed by atoms with Crippen LogP contribution in [0.5, 0.6) is 5.75 Å². The maximum absolute atomic E-state index is 13.2. The third-order valence-corrected chi connectivity index (χ3v) is 6.90. The number of carbonyl (C=O) groups excluding carboxylic acids is 1. The summed E-state index contributed by atoms with van der Waals surface area (Å²) in [7, 11) is 1.60. The average molecular weight is 422 g/mol. The van der Waals surface area contributed by atoms with E-state index in [0.717, 1.165) is 24.6 Å². The molecule has 166 valence electrons. The number of pyridine rings is 1. The Hall–Kier alpha value is -2.40. The zero-order chi connectivity index (χ0) is 21.5. The molecule has 5 heteroatoms. The summed E-state index contributed by atoms with van der Waals surface area (Å²) >= 11 is 0. The lowest BCUT2D eigenvalue weighted by Gasteiger charge is -2.39. The van der Waals surface area contributed by atoms with Crippen LogP contribution in [-0.2, 0) is 0 Å². The van der Waals surface area contributed by atoms with Crippen LogP contribution in [0.1, 0.15) is 67.0 Å². The summed E-state index contributed by atoms with van der Waals surface area (Å²) in [5.74, 6) is 1.69.